The number of ether oxygens (including phenoxy) is 1. The van der Waals surface area contributed by atoms with Crippen LogP contribution in [0.15, 0.2) is 29.2 Å². The van der Waals surface area contributed by atoms with E-state index in [9.17, 15) is 4.79 Å². The van der Waals surface area contributed by atoms with Gasteiger partial charge in [-0.05, 0) is 54.5 Å². The maximum atomic E-state index is 11.4. The molecule has 0 bridgehead atoms. The highest BCUT2D eigenvalue weighted by molar-refractivity contribution is 7.99. The van der Waals surface area contributed by atoms with Gasteiger partial charge in [-0.15, -0.1) is 11.8 Å². The summed E-state index contributed by atoms with van der Waals surface area (Å²) < 4.78 is 4.80. The van der Waals surface area contributed by atoms with Crippen LogP contribution < -0.4 is 0 Å². The van der Waals surface area contributed by atoms with Gasteiger partial charge in [0.15, 0.2) is 0 Å². The average Bonchev–Trinajstić information content (AvgIpc) is 3.24. The van der Waals surface area contributed by atoms with Crippen LogP contribution in [0, 0.1) is 11.8 Å². The lowest BCUT2D eigenvalue weighted by Gasteiger charge is -2.12. The Morgan fingerprint density at radius 2 is 2.10 bits per heavy atom. The van der Waals surface area contributed by atoms with Gasteiger partial charge in [-0.25, -0.2) is 0 Å². The normalized spacial score (nSPS) is 22.4. The molecular formula is C17H24O2S. The van der Waals surface area contributed by atoms with E-state index in [1.807, 2.05) is 11.8 Å². The van der Waals surface area contributed by atoms with E-state index in [2.05, 4.69) is 38.1 Å². The third-order valence-electron chi connectivity index (χ3n) is 4.00. The van der Waals surface area contributed by atoms with E-state index in [0.29, 0.717) is 11.8 Å². The summed E-state index contributed by atoms with van der Waals surface area (Å²) in [7, 11) is 1.48. The van der Waals surface area contributed by atoms with Crippen LogP contribution in [0.5, 0.6) is 0 Å². The molecule has 0 spiro atoms. The van der Waals surface area contributed by atoms with Gasteiger partial charge in [0.05, 0.1) is 13.0 Å². The van der Waals surface area contributed by atoms with Gasteiger partial charge in [0, 0.05) is 4.90 Å². The molecule has 0 saturated heterocycles. The molecule has 2 rings (SSSR count). The van der Waals surface area contributed by atoms with E-state index in [0.717, 1.165) is 12.8 Å². The van der Waals surface area contributed by atoms with Crippen molar-refractivity contribution in [1.82, 2.24) is 0 Å². The van der Waals surface area contributed by atoms with Gasteiger partial charge in [-0.2, -0.15) is 0 Å². The largest absolute Gasteiger partial charge is 0.469 e. The quantitative estimate of drug-likeness (QED) is 0.547. The van der Waals surface area contributed by atoms with Gasteiger partial charge in [0.2, 0.25) is 0 Å². The van der Waals surface area contributed by atoms with Gasteiger partial charge < -0.3 is 4.74 Å². The molecule has 1 saturated carbocycles. The number of carbonyl (C=O) groups excluding carboxylic acids is 1. The van der Waals surface area contributed by atoms with Crippen molar-refractivity contribution in [3.8, 4) is 0 Å². The summed E-state index contributed by atoms with van der Waals surface area (Å²) in [6, 6.07) is 8.91. The van der Waals surface area contributed by atoms with Crippen molar-refractivity contribution in [2.24, 2.45) is 11.8 Å². The Morgan fingerprint density at radius 3 is 2.70 bits per heavy atom. The van der Waals surface area contributed by atoms with Crippen molar-refractivity contribution in [3.05, 3.63) is 29.8 Å². The standard InChI is InChI=1S/C17H24O2S/c1-4-9-20-15-7-5-13(6-8-15)12(2)10-14-11-16(14)17(18)19-3/h5-8,12,14,16H,4,9-11H2,1-3H3. The number of carbonyl (C=O) groups is 1. The molecule has 0 radical (unpaired) electrons. The monoisotopic (exact) mass is 292 g/mol. The zero-order valence-corrected chi connectivity index (χ0v) is 13.4. The van der Waals surface area contributed by atoms with Gasteiger partial charge >= 0.3 is 5.97 Å². The van der Waals surface area contributed by atoms with Gasteiger partial charge in [-0.1, -0.05) is 26.0 Å². The topological polar surface area (TPSA) is 26.3 Å². The fourth-order valence-corrected chi connectivity index (χ4v) is 3.42. The first-order chi connectivity index (χ1) is 9.65. The lowest BCUT2D eigenvalue weighted by Crippen LogP contribution is -2.05. The Balaban J connectivity index is 1.84. The summed E-state index contributed by atoms with van der Waals surface area (Å²) in [5, 5.41) is 0. The molecule has 1 fully saturated rings. The maximum absolute atomic E-state index is 11.4. The molecule has 20 heavy (non-hydrogen) atoms. The number of thioether (sulfide) groups is 1. The molecule has 0 aromatic heterocycles. The smallest absolute Gasteiger partial charge is 0.308 e. The van der Waals surface area contributed by atoms with Crippen LogP contribution in [-0.4, -0.2) is 18.8 Å². The highest BCUT2D eigenvalue weighted by Crippen LogP contribution is 2.45. The van der Waals surface area contributed by atoms with Crippen LogP contribution >= 0.6 is 11.8 Å². The minimum Gasteiger partial charge on any atom is -0.469 e. The Morgan fingerprint density at radius 1 is 1.40 bits per heavy atom. The van der Waals surface area contributed by atoms with Crippen molar-refractivity contribution >= 4 is 17.7 Å². The zero-order valence-electron chi connectivity index (χ0n) is 12.6. The van der Waals surface area contributed by atoms with Crippen molar-refractivity contribution in [1.29, 1.82) is 0 Å². The average molecular weight is 292 g/mol. The minimum atomic E-state index is -0.0338. The summed E-state index contributed by atoms with van der Waals surface area (Å²) in [6.45, 7) is 4.46. The van der Waals surface area contributed by atoms with Crippen LogP contribution in [0.25, 0.3) is 0 Å². The molecule has 0 N–H and O–H groups in total. The molecule has 3 heteroatoms. The van der Waals surface area contributed by atoms with Crippen molar-refractivity contribution in [3.63, 3.8) is 0 Å². The molecule has 0 heterocycles. The van der Waals surface area contributed by atoms with Crippen LogP contribution in [-0.2, 0) is 9.53 Å². The van der Waals surface area contributed by atoms with Crippen molar-refractivity contribution < 1.29 is 9.53 Å². The Labute approximate surface area is 126 Å². The van der Waals surface area contributed by atoms with Crippen LogP contribution in [0.1, 0.15) is 44.6 Å². The number of benzene rings is 1. The lowest BCUT2D eigenvalue weighted by molar-refractivity contribution is -0.142. The second kappa shape index (κ2) is 7.16. The number of esters is 1. The predicted molar refractivity (Wildman–Crippen MR) is 84.1 cm³/mol. The zero-order chi connectivity index (χ0) is 14.5. The Hall–Kier alpha value is -0.960. The van der Waals surface area contributed by atoms with E-state index in [1.54, 1.807) is 0 Å². The number of hydrogen-bond donors (Lipinski definition) is 0. The molecule has 1 aliphatic carbocycles. The van der Waals surface area contributed by atoms with E-state index in [1.165, 1.54) is 29.7 Å². The number of hydrogen-bond acceptors (Lipinski definition) is 3. The van der Waals surface area contributed by atoms with E-state index in [-0.39, 0.29) is 11.9 Å². The fraction of sp³-hybridized carbons (Fsp3) is 0.588. The molecule has 3 atom stereocenters. The molecule has 2 nitrogen and oxygen atoms in total. The predicted octanol–water partition coefficient (Wildman–Crippen LogP) is 4.49. The third kappa shape index (κ3) is 4.02. The molecule has 1 aromatic carbocycles. The number of rotatable bonds is 7. The van der Waals surface area contributed by atoms with Gasteiger partial charge in [-0.3, -0.25) is 4.79 Å². The summed E-state index contributed by atoms with van der Waals surface area (Å²) in [6.07, 6.45) is 3.29. The van der Waals surface area contributed by atoms with Gasteiger partial charge in [0.25, 0.3) is 0 Å². The van der Waals surface area contributed by atoms with E-state index >= 15 is 0 Å². The SMILES string of the molecule is CCCSc1ccc(C(C)CC2CC2C(=O)OC)cc1. The highest BCUT2D eigenvalue weighted by Gasteiger charge is 2.44. The van der Waals surface area contributed by atoms with Crippen LogP contribution in [0.2, 0.25) is 0 Å². The Bertz CT molecular complexity index is 441. The highest BCUT2D eigenvalue weighted by atomic mass is 32.2. The third-order valence-corrected chi connectivity index (χ3v) is 5.22. The number of methoxy groups -OCH3 is 1. The molecule has 110 valence electrons. The Kier molecular flexibility index (Phi) is 5.53. The first-order valence-corrected chi connectivity index (χ1v) is 8.44. The lowest BCUT2D eigenvalue weighted by atomic mass is 9.95. The molecule has 1 aliphatic rings. The van der Waals surface area contributed by atoms with Crippen LogP contribution in [0.3, 0.4) is 0 Å². The molecular weight excluding hydrogens is 268 g/mol. The summed E-state index contributed by atoms with van der Waals surface area (Å²) in [5.74, 6) is 2.33. The van der Waals surface area contributed by atoms with Crippen molar-refractivity contribution in [2.75, 3.05) is 12.9 Å². The second-order valence-electron chi connectivity index (χ2n) is 5.68. The summed E-state index contributed by atoms with van der Waals surface area (Å²) in [5.41, 5.74) is 1.38. The summed E-state index contributed by atoms with van der Waals surface area (Å²) in [4.78, 5) is 12.8. The first kappa shape index (κ1) is 15.4. The van der Waals surface area contributed by atoms with Crippen molar-refractivity contribution in [2.45, 2.75) is 43.9 Å². The second-order valence-corrected chi connectivity index (χ2v) is 6.85. The molecule has 0 amide bonds. The molecule has 3 unspecified atom stereocenters. The van der Waals surface area contributed by atoms with Gasteiger partial charge in [0.1, 0.15) is 0 Å². The summed E-state index contributed by atoms with van der Waals surface area (Å²) >= 11 is 1.91. The maximum Gasteiger partial charge on any atom is 0.308 e. The first-order valence-electron chi connectivity index (χ1n) is 7.46. The molecule has 0 aliphatic heterocycles. The van der Waals surface area contributed by atoms with E-state index in [4.69, 9.17) is 4.74 Å². The van der Waals surface area contributed by atoms with E-state index < -0.39 is 0 Å². The fourth-order valence-electron chi connectivity index (χ4n) is 2.65. The molecule has 1 aromatic rings. The van der Waals surface area contributed by atoms with Crippen LogP contribution in [0.4, 0.5) is 0 Å². The minimum absolute atomic E-state index is 0.0338.